The maximum atomic E-state index is 14.9. The lowest BCUT2D eigenvalue weighted by atomic mass is 9.89. The Morgan fingerprint density at radius 1 is 1.17 bits per heavy atom. The molecule has 7 rings (SSSR count). The van der Waals surface area contributed by atoms with Crippen molar-refractivity contribution in [2.45, 2.75) is 32.6 Å². The van der Waals surface area contributed by atoms with E-state index < -0.39 is 23.8 Å². The minimum absolute atomic E-state index is 0.00157. The number of fused-ring (bicyclic) bond motifs is 2. The van der Waals surface area contributed by atoms with Gasteiger partial charge < -0.3 is 20.1 Å². The molecule has 3 aliphatic rings. The van der Waals surface area contributed by atoms with Gasteiger partial charge in [0.15, 0.2) is 0 Å². The number of aliphatic imine (C=N–C) groups is 1. The Morgan fingerprint density at radius 3 is 2.79 bits per heavy atom. The fourth-order valence-corrected chi connectivity index (χ4v) is 5.46. The van der Waals surface area contributed by atoms with Crippen molar-refractivity contribution in [3.8, 4) is 17.1 Å². The Hall–Kier alpha value is -4.84. The average molecular weight is 570 g/mol. The third-order valence-electron chi connectivity index (χ3n) is 7.58. The summed E-state index contributed by atoms with van der Waals surface area (Å²) in [6.45, 7) is 5.11. The fourth-order valence-electron chi connectivity index (χ4n) is 5.46. The molecule has 2 N–H and O–H groups in total. The summed E-state index contributed by atoms with van der Waals surface area (Å²) in [6.07, 6.45) is 2.90. The van der Waals surface area contributed by atoms with Gasteiger partial charge in [-0.25, -0.2) is 14.1 Å². The first-order chi connectivity index (χ1) is 20.4. The molecule has 11 nitrogen and oxygen atoms in total. The first kappa shape index (κ1) is 26.1. The van der Waals surface area contributed by atoms with E-state index in [4.69, 9.17) is 14.6 Å². The van der Waals surface area contributed by atoms with Gasteiger partial charge in [-0.2, -0.15) is 10.2 Å². The van der Waals surface area contributed by atoms with Crippen LogP contribution in [0.3, 0.4) is 0 Å². The van der Waals surface area contributed by atoms with Crippen molar-refractivity contribution < 1.29 is 23.5 Å². The smallest absolute Gasteiger partial charge is 0.269 e. The van der Waals surface area contributed by atoms with E-state index in [0.717, 1.165) is 6.42 Å². The zero-order valence-corrected chi connectivity index (χ0v) is 22.8. The first-order valence-electron chi connectivity index (χ1n) is 13.8. The van der Waals surface area contributed by atoms with Crippen LogP contribution in [0.4, 0.5) is 10.1 Å². The van der Waals surface area contributed by atoms with Gasteiger partial charge in [-0.15, -0.1) is 0 Å². The van der Waals surface area contributed by atoms with Crippen LogP contribution in [0.1, 0.15) is 34.8 Å². The number of aryl methyl sites for hydroxylation is 1. The van der Waals surface area contributed by atoms with Crippen LogP contribution in [-0.4, -0.2) is 63.1 Å². The summed E-state index contributed by atoms with van der Waals surface area (Å²) in [5.41, 5.74) is 2.68. The molecule has 5 heterocycles. The summed E-state index contributed by atoms with van der Waals surface area (Å²) in [7, 11) is 0. The van der Waals surface area contributed by atoms with E-state index in [1.165, 1.54) is 6.07 Å². The van der Waals surface area contributed by atoms with Gasteiger partial charge in [-0.3, -0.25) is 14.3 Å². The summed E-state index contributed by atoms with van der Waals surface area (Å²) in [4.78, 5) is 32.0. The van der Waals surface area contributed by atoms with Gasteiger partial charge in [-0.1, -0.05) is 49.4 Å². The predicted molar refractivity (Wildman–Crippen MR) is 151 cm³/mol. The van der Waals surface area contributed by atoms with Gasteiger partial charge in [-0.05, 0) is 6.07 Å². The van der Waals surface area contributed by atoms with Gasteiger partial charge in [0, 0.05) is 41.3 Å². The Balaban J connectivity index is 1.25. The number of carbonyl (C=O) groups is 2. The highest BCUT2D eigenvalue weighted by molar-refractivity contribution is 6.20. The van der Waals surface area contributed by atoms with Gasteiger partial charge >= 0.3 is 0 Å². The van der Waals surface area contributed by atoms with E-state index >= 15 is 0 Å². The Morgan fingerprint density at radius 2 is 2.00 bits per heavy atom. The molecule has 2 aromatic carbocycles. The quantitative estimate of drug-likeness (QED) is 0.367. The third kappa shape index (κ3) is 4.63. The number of halogens is 1. The standard InChI is InChI=1S/C30H28FN7O4/c1-30(16-41-17-30)15-37-14-19(13-32-37)24-22(29-38(36-24)11-6-12-42-29)27(39)35-26-28(40)34-25-20(9-5-10-21(25)31)23(33-26)18-7-3-2-4-8-18/h2-5,7-10,13-14,26H,6,11-12,15-17H2,1H3,(H,34,40)(H,35,39)/t26-/m1/s1. The number of para-hydroxylation sites is 1. The van der Waals surface area contributed by atoms with Crippen molar-refractivity contribution in [3.05, 3.63) is 83.4 Å². The van der Waals surface area contributed by atoms with Gasteiger partial charge in [0.1, 0.15) is 17.1 Å². The van der Waals surface area contributed by atoms with Crippen molar-refractivity contribution in [1.82, 2.24) is 24.9 Å². The van der Waals surface area contributed by atoms with Crippen LogP contribution in [0.25, 0.3) is 11.3 Å². The number of rotatable bonds is 6. The second-order valence-corrected chi connectivity index (χ2v) is 11.1. The van der Waals surface area contributed by atoms with E-state index in [1.807, 2.05) is 41.2 Å². The molecule has 4 aromatic rings. The molecule has 12 heteroatoms. The number of benzodiazepines with no additional fused rings is 1. The second-order valence-electron chi connectivity index (χ2n) is 11.1. The minimum atomic E-state index is -1.35. The number of nitrogens with one attached hydrogen (secondary N) is 2. The molecule has 0 radical (unpaired) electrons. The van der Waals surface area contributed by atoms with Crippen LogP contribution in [0.15, 0.2) is 65.9 Å². The molecule has 42 heavy (non-hydrogen) atoms. The highest BCUT2D eigenvalue weighted by Gasteiger charge is 2.36. The lowest BCUT2D eigenvalue weighted by Gasteiger charge is -2.37. The molecule has 0 aliphatic carbocycles. The van der Waals surface area contributed by atoms with E-state index in [2.05, 4.69) is 27.6 Å². The highest BCUT2D eigenvalue weighted by Crippen LogP contribution is 2.34. The number of benzene rings is 2. The third-order valence-corrected chi connectivity index (χ3v) is 7.58. The van der Waals surface area contributed by atoms with E-state index in [-0.39, 0.29) is 16.7 Å². The number of nitrogens with zero attached hydrogens (tertiary/aromatic N) is 5. The molecule has 2 aromatic heterocycles. The summed E-state index contributed by atoms with van der Waals surface area (Å²) < 4.78 is 29.6. The van der Waals surface area contributed by atoms with Crippen molar-refractivity contribution in [2.24, 2.45) is 10.4 Å². The molecular formula is C30H28FN7O4. The zero-order chi connectivity index (χ0) is 28.8. The molecule has 3 aliphatic heterocycles. The molecule has 0 bridgehead atoms. The number of aromatic nitrogens is 4. The van der Waals surface area contributed by atoms with E-state index in [9.17, 15) is 14.0 Å². The number of carbonyl (C=O) groups excluding carboxylic acids is 2. The lowest BCUT2D eigenvalue weighted by molar-refractivity contribution is -0.117. The van der Waals surface area contributed by atoms with Gasteiger partial charge in [0.2, 0.25) is 12.0 Å². The van der Waals surface area contributed by atoms with Crippen LogP contribution >= 0.6 is 0 Å². The molecule has 1 atom stereocenters. The van der Waals surface area contributed by atoms with Gasteiger partial charge in [0.05, 0.1) is 44.0 Å². The maximum absolute atomic E-state index is 14.9. The van der Waals surface area contributed by atoms with Crippen LogP contribution < -0.4 is 15.4 Å². The van der Waals surface area contributed by atoms with Crippen LogP contribution in [0.5, 0.6) is 5.88 Å². The van der Waals surface area contributed by atoms with Crippen LogP contribution in [0.2, 0.25) is 0 Å². The fraction of sp³-hybridized carbons (Fsp3) is 0.300. The molecule has 1 saturated heterocycles. The molecular weight excluding hydrogens is 541 g/mol. The number of hydrogen-bond donors (Lipinski definition) is 2. The second kappa shape index (κ2) is 10.2. The Bertz CT molecular complexity index is 1720. The Labute approximate surface area is 240 Å². The average Bonchev–Trinajstić information content (AvgIpc) is 3.57. The topological polar surface area (TPSA) is 125 Å². The normalized spacial score (nSPS) is 18.9. The minimum Gasteiger partial charge on any atom is -0.477 e. The van der Waals surface area contributed by atoms with Crippen molar-refractivity contribution >= 4 is 23.2 Å². The lowest BCUT2D eigenvalue weighted by Crippen LogP contribution is -2.43. The number of ether oxygens (including phenoxy) is 2. The molecule has 214 valence electrons. The predicted octanol–water partition coefficient (Wildman–Crippen LogP) is 3.25. The summed E-state index contributed by atoms with van der Waals surface area (Å²) >= 11 is 0. The highest BCUT2D eigenvalue weighted by atomic mass is 19.1. The molecule has 0 saturated carbocycles. The summed E-state index contributed by atoms with van der Waals surface area (Å²) in [6, 6.07) is 13.6. The van der Waals surface area contributed by atoms with E-state index in [1.54, 1.807) is 23.0 Å². The largest absolute Gasteiger partial charge is 0.477 e. The Kier molecular flexibility index (Phi) is 6.34. The molecule has 0 spiro atoms. The summed E-state index contributed by atoms with van der Waals surface area (Å²) in [5, 5.41) is 14.6. The number of anilines is 1. The van der Waals surface area contributed by atoms with Crippen molar-refractivity contribution in [3.63, 3.8) is 0 Å². The monoisotopic (exact) mass is 569 g/mol. The molecule has 0 unspecified atom stereocenters. The van der Waals surface area contributed by atoms with Crippen LogP contribution in [0, 0.1) is 11.2 Å². The SMILES string of the molecule is CC1(Cn2cc(-c3nn4c(c3C(=O)N[C@H]3N=C(c5ccccc5)c5cccc(F)c5NC3=O)OCCC4)cn2)COC1. The van der Waals surface area contributed by atoms with Gasteiger partial charge in [0.25, 0.3) is 11.8 Å². The van der Waals surface area contributed by atoms with Crippen molar-refractivity contribution in [2.75, 3.05) is 25.1 Å². The summed E-state index contributed by atoms with van der Waals surface area (Å²) in [5.74, 6) is -1.55. The van der Waals surface area contributed by atoms with Crippen molar-refractivity contribution in [1.29, 1.82) is 0 Å². The number of amides is 2. The molecule has 2 amide bonds. The van der Waals surface area contributed by atoms with Crippen LogP contribution in [-0.2, 0) is 22.6 Å². The first-order valence-corrected chi connectivity index (χ1v) is 13.8. The molecule has 1 fully saturated rings. The van der Waals surface area contributed by atoms with E-state index in [0.29, 0.717) is 66.9 Å². The zero-order valence-electron chi connectivity index (χ0n) is 22.8. The maximum Gasteiger partial charge on any atom is 0.269 e. The number of hydrogen-bond acceptors (Lipinski definition) is 7.